The van der Waals surface area contributed by atoms with Gasteiger partial charge in [-0.25, -0.2) is 13.1 Å². The number of nitrogens with one attached hydrogen (secondary N) is 3. The molecule has 0 saturated heterocycles. The molecule has 1 aliphatic rings. The molecule has 30 heavy (non-hydrogen) atoms. The number of amides is 2. The number of rotatable bonds is 6. The van der Waals surface area contributed by atoms with Crippen molar-refractivity contribution < 1.29 is 27.2 Å². The van der Waals surface area contributed by atoms with Gasteiger partial charge in [0.2, 0.25) is 10.0 Å². The maximum Gasteiger partial charge on any atom is 0.262 e. The predicted octanol–water partition coefficient (Wildman–Crippen LogP) is 2.34. The van der Waals surface area contributed by atoms with Crippen LogP contribution in [0, 0.1) is 0 Å². The van der Waals surface area contributed by atoms with Crippen LogP contribution in [0.1, 0.15) is 16.1 Å². The number of furan rings is 1. The van der Waals surface area contributed by atoms with E-state index in [1.54, 1.807) is 24.3 Å². The number of anilines is 2. The molecule has 2 heterocycles. The number of benzene rings is 2. The first kappa shape index (κ1) is 19.7. The molecule has 3 N–H and O–H groups in total. The van der Waals surface area contributed by atoms with Gasteiger partial charge in [-0.05, 0) is 48.5 Å². The summed E-state index contributed by atoms with van der Waals surface area (Å²) in [5.74, 6) is 0.157. The molecule has 154 valence electrons. The summed E-state index contributed by atoms with van der Waals surface area (Å²) in [7, 11) is -3.80. The minimum Gasteiger partial charge on any atom is -0.482 e. The first-order valence-corrected chi connectivity index (χ1v) is 10.4. The minimum atomic E-state index is -3.80. The molecule has 0 fully saturated rings. The maximum atomic E-state index is 12.6. The van der Waals surface area contributed by atoms with Crippen molar-refractivity contribution in [3.05, 3.63) is 72.2 Å². The molecule has 1 aliphatic heterocycles. The lowest BCUT2D eigenvalue weighted by Gasteiger charge is -2.18. The smallest absolute Gasteiger partial charge is 0.262 e. The maximum absolute atomic E-state index is 12.6. The van der Waals surface area contributed by atoms with Gasteiger partial charge in [-0.2, -0.15) is 0 Å². The summed E-state index contributed by atoms with van der Waals surface area (Å²) in [6.07, 6.45) is 1.46. The zero-order chi connectivity index (χ0) is 21.1. The molecule has 3 aromatic rings. The van der Waals surface area contributed by atoms with E-state index in [0.717, 1.165) is 0 Å². The van der Waals surface area contributed by atoms with Crippen molar-refractivity contribution in [3.8, 4) is 5.75 Å². The lowest BCUT2D eigenvalue weighted by atomic mass is 10.1. The first-order chi connectivity index (χ1) is 14.4. The van der Waals surface area contributed by atoms with E-state index in [9.17, 15) is 18.0 Å². The number of carbonyl (C=O) groups excluding carboxylic acids is 2. The fourth-order valence-electron chi connectivity index (χ4n) is 2.82. The van der Waals surface area contributed by atoms with E-state index >= 15 is 0 Å². The molecule has 2 amide bonds. The highest BCUT2D eigenvalue weighted by atomic mass is 32.2. The lowest BCUT2D eigenvalue weighted by Crippen LogP contribution is -2.25. The molecule has 0 aliphatic carbocycles. The summed E-state index contributed by atoms with van der Waals surface area (Å²) in [5, 5.41) is 5.31. The van der Waals surface area contributed by atoms with Gasteiger partial charge >= 0.3 is 0 Å². The highest BCUT2D eigenvalue weighted by molar-refractivity contribution is 7.89. The number of hydrogen-bond donors (Lipinski definition) is 3. The molecule has 0 bridgehead atoms. The van der Waals surface area contributed by atoms with Crippen LogP contribution in [-0.4, -0.2) is 26.8 Å². The highest BCUT2D eigenvalue weighted by Crippen LogP contribution is 2.29. The highest BCUT2D eigenvalue weighted by Gasteiger charge is 2.19. The van der Waals surface area contributed by atoms with Gasteiger partial charge in [-0.3, -0.25) is 9.59 Å². The SMILES string of the molecule is O=C1COc2cc(C(=O)Nc3cccc(S(=O)(=O)NCc4ccco4)c3)ccc2N1. The van der Waals surface area contributed by atoms with Gasteiger partial charge in [0.15, 0.2) is 6.61 Å². The molecule has 0 radical (unpaired) electrons. The van der Waals surface area contributed by atoms with E-state index in [1.165, 1.54) is 36.6 Å². The van der Waals surface area contributed by atoms with Crippen molar-refractivity contribution in [1.29, 1.82) is 0 Å². The van der Waals surface area contributed by atoms with Crippen molar-refractivity contribution in [2.45, 2.75) is 11.4 Å². The Bertz CT molecular complexity index is 1210. The number of carbonyl (C=O) groups is 2. The van der Waals surface area contributed by atoms with Gasteiger partial charge in [0.25, 0.3) is 11.8 Å². The second kappa shape index (κ2) is 8.01. The Labute approximate surface area is 172 Å². The van der Waals surface area contributed by atoms with Crippen LogP contribution in [0.15, 0.2) is 70.2 Å². The molecule has 1 aromatic heterocycles. The Morgan fingerprint density at radius 3 is 2.77 bits per heavy atom. The van der Waals surface area contributed by atoms with Crippen LogP contribution in [0.5, 0.6) is 5.75 Å². The minimum absolute atomic E-state index is 0.00310. The van der Waals surface area contributed by atoms with Crippen LogP contribution in [-0.2, 0) is 21.4 Å². The Balaban J connectivity index is 1.47. The zero-order valence-corrected chi connectivity index (χ0v) is 16.4. The average molecular weight is 427 g/mol. The van der Waals surface area contributed by atoms with Crippen molar-refractivity contribution in [2.75, 3.05) is 17.2 Å². The second-order valence-electron chi connectivity index (χ2n) is 6.43. The lowest BCUT2D eigenvalue weighted by molar-refractivity contribution is -0.118. The zero-order valence-electron chi connectivity index (χ0n) is 15.5. The van der Waals surface area contributed by atoms with Crippen molar-refractivity contribution in [1.82, 2.24) is 4.72 Å². The molecule has 4 rings (SSSR count). The summed E-state index contributed by atoms with van der Waals surface area (Å²) in [5.41, 5.74) is 1.10. The van der Waals surface area contributed by atoms with E-state index in [2.05, 4.69) is 15.4 Å². The molecule has 10 heteroatoms. The number of hydrogen-bond acceptors (Lipinski definition) is 6. The molecule has 0 spiro atoms. The first-order valence-electron chi connectivity index (χ1n) is 8.91. The molecular formula is C20H17N3O6S. The Morgan fingerprint density at radius 2 is 1.97 bits per heavy atom. The number of ether oxygens (including phenoxy) is 1. The van der Waals surface area contributed by atoms with Gasteiger partial charge < -0.3 is 19.8 Å². The van der Waals surface area contributed by atoms with E-state index < -0.39 is 15.9 Å². The van der Waals surface area contributed by atoms with Gasteiger partial charge in [0.1, 0.15) is 11.5 Å². The fraction of sp³-hybridized carbons (Fsp3) is 0.100. The molecule has 0 atom stereocenters. The van der Waals surface area contributed by atoms with Gasteiger partial charge in [-0.15, -0.1) is 0 Å². The third-order valence-corrected chi connectivity index (χ3v) is 5.69. The van der Waals surface area contributed by atoms with Gasteiger partial charge in [0, 0.05) is 11.3 Å². The molecule has 0 saturated carbocycles. The van der Waals surface area contributed by atoms with Crippen LogP contribution in [0.3, 0.4) is 0 Å². The second-order valence-corrected chi connectivity index (χ2v) is 8.20. The third-order valence-electron chi connectivity index (χ3n) is 4.30. The molecule has 9 nitrogen and oxygen atoms in total. The summed E-state index contributed by atoms with van der Waals surface area (Å²) in [4.78, 5) is 23.9. The normalized spacial score (nSPS) is 13.1. The quantitative estimate of drug-likeness (QED) is 0.554. The Hall–Kier alpha value is -3.63. The Kier molecular flexibility index (Phi) is 5.25. The summed E-state index contributed by atoms with van der Waals surface area (Å²) < 4.78 is 37.9. The van der Waals surface area contributed by atoms with Crippen molar-refractivity contribution in [2.24, 2.45) is 0 Å². The van der Waals surface area contributed by atoms with Crippen LogP contribution in [0.4, 0.5) is 11.4 Å². The molecule has 2 aromatic carbocycles. The number of fused-ring (bicyclic) bond motifs is 1. The number of sulfonamides is 1. The van der Waals surface area contributed by atoms with Crippen LogP contribution >= 0.6 is 0 Å². The topological polar surface area (TPSA) is 127 Å². The van der Waals surface area contributed by atoms with Gasteiger partial charge in [-0.1, -0.05) is 6.07 Å². The van der Waals surface area contributed by atoms with Crippen molar-refractivity contribution in [3.63, 3.8) is 0 Å². The molecular weight excluding hydrogens is 410 g/mol. The third kappa shape index (κ3) is 4.34. The predicted molar refractivity (Wildman–Crippen MR) is 108 cm³/mol. The monoisotopic (exact) mass is 427 g/mol. The largest absolute Gasteiger partial charge is 0.482 e. The molecule has 0 unspecified atom stereocenters. The Morgan fingerprint density at radius 1 is 1.10 bits per heavy atom. The van der Waals surface area contributed by atoms with Crippen LogP contribution in [0.25, 0.3) is 0 Å². The fourth-order valence-corrected chi connectivity index (χ4v) is 3.86. The summed E-state index contributed by atoms with van der Waals surface area (Å²) >= 11 is 0. The summed E-state index contributed by atoms with van der Waals surface area (Å²) in [6, 6.07) is 13.8. The van der Waals surface area contributed by atoms with Crippen LogP contribution < -0.4 is 20.1 Å². The standard InChI is InChI=1S/C20H17N3O6S/c24-19-12-29-18-9-13(6-7-17(18)23-19)20(25)22-14-3-1-5-16(10-14)30(26,27)21-11-15-4-2-8-28-15/h1-10,21H,11-12H2,(H,22,25)(H,23,24). The van der Waals surface area contributed by atoms with E-state index in [4.69, 9.17) is 9.15 Å². The van der Waals surface area contributed by atoms with Crippen LogP contribution in [0.2, 0.25) is 0 Å². The van der Waals surface area contributed by atoms with E-state index in [1.807, 2.05) is 0 Å². The van der Waals surface area contributed by atoms with Crippen molar-refractivity contribution >= 4 is 33.2 Å². The van der Waals surface area contributed by atoms with Gasteiger partial charge in [0.05, 0.1) is 23.4 Å². The average Bonchev–Trinajstić information content (AvgIpc) is 3.26. The van der Waals surface area contributed by atoms with E-state index in [0.29, 0.717) is 28.4 Å². The van der Waals surface area contributed by atoms with E-state index in [-0.39, 0.29) is 24.0 Å². The summed E-state index contributed by atoms with van der Waals surface area (Å²) in [6.45, 7) is -0.111.